The molecule has 0 aromatic heterocycles. The van der Waals surface area contributed by atoms with Gasteiger partial charge in [-0.1, -0.05) is 47.5 Å². The van der Waals surface area contributed by atoms with Crippen LogP contribution in [-0.2, 0) is 6.54 Å². The van der Waals surface area contributed by atoms with Gasteiger partial charge in [-0.15, -0.1) is 0 Å². The first-order valence-electron chi connectivity index (χ1n) is 5.50. The molecule has 3 N–H and O–H groups in total. The Morgan fingerprint density at radius 1 is 1.12 bits per heavy atom. The van der Waals surface area contributed by atoms with Gasteiger partial charge in [0.05, 0.1) is 16.4 Å². The number of nitrogen functional groups attached to an aromatic ring is 1. The molecule has 0 unspecified atom stereocenters. The van der Waals surface area contributed by atoms with E-state index in [9.17, 15) is 0 Å². The molecule has 0 amide bonds. The van der Waals surface area contributed by atoms with Crippen molar-refractivity contribution in [3.05, 3.63) is 58.6 Å². The summed E-state index contributed by atoms with van der Waals surface area (Å²) < 4.78 is 0. The minimum atomic E-state index is 0.582. The zero-order valence-electron chi connectivity index (χ0n) is 9.70. The summed E-state index contributed by atoms with van der Waals surface area (Å²) >= 11 is 5.95. The number of nitrogens with two attached hydrogens (primary N) is 1. The number of anilines is 2. The average molecular weight is 247 g/mol. The summed E-state index contributed by atoms with van der Waals surface area (Å²) in [5.41, 5.74) is 9.83. The first kappa shape index (κ1) is 11.8. The number of hydrogen-bond donors (Lipinski definition) is 2. The number of nitrogens with one attached hydrogen (secondary N) is 1. The highest BCUT2D eigenvalue weighted by molar-refractivity contribution is 6.33. The van der Waals surface area contributed by atoms with Crippen LogP contribution in [0, 0.1) is 6.92 Å². The third-order valence-electron chi connectivity index (χ3n) is 2.66. The second kappa shape index (κ2) is 5.11. The monoisotopic (exact) mass is 246 g/mol. The van der Waals surface area contributed by atoms with Gasteiger partial charge in [-0.25, -0.2) is 0 Å². The van der Waals surface area contributed by atoms with Crippen LogP contribution in [0.2, 0.25) is 5.02 Å². The zero-order chi connectivity index (χ0) is 12.3. The second-order valence-corrected chi connectivity index (χ2v) is 4.45. The lowest BCUT2D eigenvalue weighted by molar-refractivity contribution is 1.15. The fourth-order valence-electron chi connectivity index (χ4n) is 1.59. The molecule has 0 spiro atoms. The summed E-state index contributed by atoms with van der Waals surface area (Å²) in [6.07, 6.45) is 0. The van der Waals surface area contributed by atoms with Crippen LogP contribution >= 0.6 is 11.6 Å². The molecule has 0 heterocycles. The fourth-order valence-corrected chi connectivity index (χ4v) is 1.77. The highest BCUT2D eigenvalue weighted by Gasteiger charge is 2.02. The predicted octanol–water partition coefficient (Wildman–Crippen LogP) is 3.84. The fraction of sp³-hybridized carbons (Fsp3) is 0.143. The number of halogens is 1. The Morgan fingerprint density at radius 3 is 2.53 bits per heavy atom. The normalized spacial score (nSPS) is 10.2. The smallest absolute Gasteiger partial charge is 0.0739 e. The number of benzene rings is 2. The Kier molecular flexibility index (Phi) is 3.55. The van der Waals surface area contributed by atoms with Crippen LogP contribution < -0.4 is 11.1 Å². The molecule has 0 atom stereocenters. The van der Waals surface area contributed by atoms with Crippen molar-refractivity contribution >= 4 is 23.0 Å². The first-order valence-corrected chi connectivity index (χ1v) is 5.88. The van der Waals surface area contributed by atoms with Crippen molar-refractivity contribution < 1.29 is 0 Å². The van der Waals surface area contributed by atoms with Crippen LogP contribution in [0.5, 0.6) is 0 Å². The maximum Gasteiger partial charge on any atom is 0.0739 e. The molecular weight excluding hydrogens is 232 g/mol. The van der Waals surface area contributed by atoms with Gasteiger partial charge < -0.3 is 11.1 Å². The van der Waals surface area contributed by atoms with E-state index < -0.39 is 0 Å². The molecule has 0 fully saturated rings. The molecule has 0 aliphatic carbocycles. The standard InChI is InChI=1S/C14H15ClN2/c1-10-5-7-11(8-6-10)9-17-13-4-2-3-12(15)14(13)16/h2-8,17H,9,16H2,1H3. The van der Waals surface area contributed by atoms with Crippen LogP contribution in [0.4, 0.5) is 11.4 Å². The second-order valence-electron chi connectivity index (χ2n) is 4.04. The number of aryl methyl sites for hydroxylation is 1. The summed E-state index contributed by atoms with van der Waals surface area (Å²) in [5.74, 6) is 0. The minimum Gasteiger partial charge on any atom is -0.396 e. The van der Waals surface area contributed by atoms with E-state index in [-0.39, 0.29) is 0 Å². The van der Waals surface area contributed by atoms with Crippen LogP contribution in [0.25, 0.3) is 0 Å². The number of hydrogen-bond acceptors (Lipinski definition) is 2. The van der Waals surface area contributed by atoms with Gasteiger partial charge in [0.1, 0.15) is 0 Å². The summed E-state index contributed by atoms with van der Waals surface area (Å²) in [4.78, 5) is 0. The Morgan fingerprint density at radius 2 is 1.82 bits per heavy atom. The highest BCUT2D eigenvalue weighted by atomic mass is 35.5. The Bertz CT molecular complexity index is 506. The van der Waals surface area contributed by atoms with Gasteiger partial charge in [-0.3, -0.25) is 0 Å². The molecule has 2 rings (SSSR count). The van der Waals surface area contributed by atoms with Crippen molar-refractivity contribution in [2.24, 2.45) is 0 Å². The summed E-state index contributed by atoms with van der Waals surface area (Å²) in [7, 11) is 0. The molecule has 0 aliphatic heterocycles. The van der Waals surface area contributed by atoms with Gasteiger partial charge in [-0.05, 0) is 24.6 Å². The largest absolute Gasteiger partial charge is 0.396 e. The van der Waals surface area contributed by atoms with Crippen LogP contribution in [-0.4, -0.2) is 0 Å². The Balaban J connectivity index is 2.07. The van der Waals surface area contributed by atoms with Crippen molar-refractivity contribution in [1.82, 2.24) is 0 Å². The van der Waals surface area contributed by atoms with Crippen molar-refractivity contribution in [1.29, 1.82) is 0 Å². The lowest BCUT2D eigenvalue weighted by Gasteiger charge is -2.10. The van der Waals surface area contributed by atoms with Crippen molar-refractivity contribution in [3.8, 4) is 0 Å². The molecule has 17 heavy (non-hydrogen) atoms. The van der Waals surface area contributed by atoms with Gasteiger partial charge in [0.25, 0.3) is 0 Å². The Hall–Kier alpha value is -1.67. The van der Waals surface area contributed by atoms with Gasteiger partial charge in [0, 0.05) is 6.54 Å². The molecule has 0 radical (unpaired) electrons. The first-order chi connectivity index (χ1) is 8.16. The average Bonchev–Trinajstić information content (AvgIpc) is 2.33. The molecule has 0 saturated heterocycles. The third-order valence-corrected chi connectivity index (χ3v) is 2.99. The molecule has 0 saturated carbocycles. The van der Waals surface area contributed by atoms with E-state index >= 15 is 0 Å². The molecular formula is C14H15ClN2. The molecule has 2 aromatic rings. The van der Waals surface area contributed by atoms with E-state index in [1.54, 1.807) is 6.07 Å². The minimum absolute atomic E-state index is 0.582. The van der Waals surface area contributed by atoms with Gasteiger partial charge >= 0.3 is 0 Å². The van der Waals surface area contributed by atoms with E-state index in [4.69, 9.17) is 17.3 Å². The molecule has 0 aliphatic rings. The summed E-state index contributed by atoms with van der Waals surface area (Å²) in [6, 6.07) is 14.0. The van der Waals surface area contributed by atoms with Crippen LogP contribution in [0.1, 0.15) is 11.1 Å². The topological polar surface area (TPSA) is 38.0 Å². The van der Waals surface area contributed by atoms with Crippen molar-refractivity contribution in [3.63, 3.8) is 0 Å². The molecule has 0 bridgehead atoms. The summed E-state index contributed by atoms with van der Waals surface area (Å²) in [6.45, 7) is 2.82. The maximum absolute atomic E-state index is 5.95. The van der Waals surface area contributed by atoms with Gasteiger partial charge in [0.2, 0.25) is 0 Å². The van der Waals surface area contributed by atoms with Crippen molar-refractivity contribution in [2.75, 3.05) is 11.1 Å². The van der Waals surface area contributed by atoms with Gasteiger partial charge in [-0.2, -0.15) is 0 Å². The number of rotatable bonds is 3. The molecule has 88 valence electrons. The van der Waals surface area contributed by atoms with Crippen LogP contribution in [0.3, 0.4) is 0 Å². The quantitative estimate of drug-likeness (QED) is 0.808. The SMILES string of the molecule is Cc1ccc(CNc2cccc(Cl)c2N)cc1. The number of para-hydroxylation sites is 1. The van der Waals surface area contributed by atoms with E-state index in [1.807, 2.05) is 12.1 Å². The molecule has 3 heteroatoms. The Labute approximate surface area is 106 Å². The highest BCUT2D eigenvalue weighted by Crippen LogP contribution is 2.27. The molecule has 2 aromatic carbocycles. The van der Waals surface area contributed by atoms with E-state index in [1.165, 1.54) is 11.1 Å². The third kappa shape index (κ3) is 2.92. The van der Waals surface area contributed by atoms with E-state index in [0.717, 1.165) is 12.2 Å². The van der Waals surface area contributed by atoms with E-state index in [0.29, 0.717) is 10.7 Å². The lowest BCUT2D eigenvalue weighted by atomic mass is 10.1. The van der Waals surface area contributed by atoms with E-state index in [2.05, 4.69) is 36.5 Å². The predicted molar refractivity (Wildman–Crippen MR) is 74.4 cm³/mol. The van der Waals surface area contributed by atoms with Crippen molar-refractivity contribution in [2.45, 2.75) is 13.5 Å². The maximum atomic E-state index is 5.95. The summed E-state index contributed by atoms with van der Waals surface area (Å²) in [5, 5.41) is 3.86. The zero-order valence-corrected chi connectivity index (χ0v) is 10.5. The lowest BCUT2D eigenvalue weighted by Crippen LogP contribution is -2.02. The molecule has 2 nitrogen and oxygen atoms in total. The van der Waals surface area contributed by atoms with Crippen LogP contribution in [0.15, 0.2) is 42.5 Å². The van der Waals surface area contributed by atoms with Gasteiger partial charge in [0.15, 0.2) is 0 Å².